The fourth-order valence-corrected chi connectivity index (χ4v) is 5.01. The lowest BCUT2D eigenvalue weighted by Crippen LogP contribution is -2.54. The normalized spacial score (nSPS) is 16.5. The second-order valence-electron chi connectivity index (χ2n) is 10.4. The minimum Gasteiger partial charge on any atom is -0.394 e. The van der Waals surface area contributed by atoms with Gasteiger partial charge in [-0.15, -0.1) is 0 Å². The number of rotatable bonds is 17. The van der Waals surface area contributed by atoms with Gasteiger partial charge in [0.1, 0.15) is 24.4 Å². The minimum absolute atomic E-state index is 0.282. The van der Waals surface area contributed by atoms with Crippen molar-refractivity contribution in [2.45, 2.75) is 57.1 Å². The summed E-state index contributed by atoms with van der Waals surface area (Å²) in [6.45, 7) is 1.82. The second-order valence-corrected chi connectivity index (χ2v) is 10.4. The van der Waals surface area contributed by atoms with Crippen molar-refractivity contribution in [1.29, 1.82) is 0 Å². The molecule has 1 aliphatic rings. The van der Waals surface area contributed by atoms with Crippen molar-refractivity contribution < 1.29 is 33.5 Å². The van der Waals surface area contributed by atoms with Crippen LogP contribution in [0.15, 0.2) is 121 Å². The summed E-state index contributed by atoms with van der Waals surface area (Å²) in [5.74, 6) is 0. The van der Waals surface area contributed by atoms with Gasteiger partial charge in [-0.25, -0.2) is 0 Å². The first-order chi connectivity index (χ1) is 21.3. The third kappa shape index (κ3) is 9.55. The van der Waals surface area contributed by atoms with Crippen molar-refractivity contribution in [2.75, 3.05) is 19.8 Å². The molecule has 1 N–H and O–H groups in total. The number of ether oxygens (including phenoxy) is 6. The summed E-state index contributed by atoms with van der Waals surface area (Å²) >= 11 is 0. The average molecular weight is 585 g/mol. The Kier molecular flexibility index (Phi) is 12.3. The molecule has 0 saturated carbocycles. The van der Waals surface area contributed by atoms with Crippen molar-refractivity contribution in [1.82, 2.24) is 0 Å². The zero-order chi connectivity index (χ0) is 29.5. The summed E-state index contributed by atoms with van der Waals surface area (Å²) in [7, 11) is 0. The molecular formula is C36H40O7. The van der Waals surface area contributed by atoms with Gasteiger partial charge < -0.3 is 33.5 Å². The van der Waals surface area contributed by atoms with E-state index in [9.17, 15) is 5.11 Å². The molecule has 4 aromatic rings. The van der Waals surface area contributed by atoms with E-state index >= 15 is 0 Å². The topological polar surface area (TPSA) is 75.6 Å². The lowest BCUT2D eigenvalue weighted by molar-refractivity contribution is -0.240. The summed E-state index contributed by atoms with van der Waals surface area (Å²) in [5.41, 5.74) is 3.98. The first-order valence-electron chi connectivity index (χ1n) is 14.8. The van der Waals surface area contributed by atoms with Crippen LogP contribution in [0.25, 0.3) is 0 Å². The molecule has 1 saturated heterocycles. The smallest absolute Gasteiger partial charge is 0.186 e. The maximum atomic E-state index is 10.7. The zero-order valence-electron chi connectivity index (χ0n) is 24.3. The highest BCUT2D eigenvalue weighted by molar-refractivity contribution is 5.16. The molecule has 0 amide bonds. The fourth-order valence-electron chi connectivity index (χ4n) is 5.01. The van der Waals surface area contributed by atoms with Gasteiger partial charge in [-0.1, -0.05) is 121 Å². The molecule has 226 valence electrons. The molecule has 7 heteroatoms. The molecule has 4 atom stereocenters. The first-order valence-corrected chi connectivity index (χ1v) is 14.8. The van der Waals surface area contributed by atoms with E-state index in [0.717, 1.165) is 22.3 Å². The molecule has 5 rings (SSSR count). The molecule has 43 heavy (non-hydrogen) atoms. The van der Waals surface area contributed by atoms with E-state index < -0.39 is 30.7 Å². The summed E-state index contributed by atoms with van der Waals surface area (Å²) in [4.78, 5) is 0. The van der Waals surface area contributed by atoms with Gasteiger partial charge >= 0.3 is 0 Å². The van der Waals surface area contributed by atoms with E-state index in [1.54, 1.807) is 0 Å². The monoisotopic (exact) mass is 584 g/mol. The third-order valence-electron chi connectivity index (χ3n) is 7.27. The molecule has 7 nitrogen and oxygen atoms in total. The largest absolute Gasteiger partial charge is 0.394 e. The second kappa shape index (κ2) is 17.0. The summed E-state index contributed by atoms with van der Waals surface area (Å²) in [6.07, 6.45) is -3.54. The Balaban J connectivity index is 1.46. The average Bonchev–Trinajstić information content (AvgIpc) is 3.61. The molecule has 0 spiro atoms. The number of aliphatic hydroxyl groups is 1. The highest BCUT2D eigenvalue weighted by Crippen LogP contribution is 2.27. The Morgan fingerprint density at radius 2 is 0.884 bits per heavy atom. The van der Waals surface area contributed by atoms with E-state index in [2.05, 4.69) is 0 Å². The molecule has 4 aromatic carbocycles. The van der Waals surface area contributed by atoms with Gasteiger partial charge in [0.15, 0.2) is 6.29 Å². The van der Waals surface area contributed by atoms with Crippen LogP contribution >= 0.6 is 0 Å². The van der Waals surface area contributed by atoms with Gasteiger partial charge in [0, 0.05) is 0 Å². The van der Waals surface area contributed by atoms with Crippen molar-refractivity contribution in [3.63, 3.8) is 0 Å². The molecule has 1 heterocycles. The van der Waals surface area contributed by atoms with Crippen molar-refractivity contribution in [3.8, 4) is 0 Å². The van der Waals surface area contributed by atoms with Crippen LogP contribution in [0.3, 0.4) is 0 Å². The summed E-state index contributed by atoms with van der Waals surface area (Å²) in [5, 5.41) is 10.7. The lowest BCUT2D eigenvalue weighted by Gasteiger charge is -2.38. The molecule has 0 aromatic heterocycles. The summed E-state index contributed by atoms with van der Waals surface area (Å²) < 4.78 is 38.2. The molecule has 1 aliphatic heterocycles. The molecule has 0 radical (unpaired) electrons. The molecular weight excluding hydrogens is 544 g/mol. The van der Waals surface area contributed by atoms with Crippen LogP contribution < -0.4 is 0 Å². The Morgan fingerprint density at radius 3 is 1.30 bits per heavy atom. The first kappa shape index (κ1) is 31.0. The van der Waals surface area contributed by atoms with Crippen LogP contribution in [0.1, 0.15) is 22.3 Å². The van der Waals surface area contributed by atoms with Crippen LogP contribution in [0, 0.1) is 0 Å². The van der Waals surface area contributed by atoms with Gasteiger partial charge in [0.05, 0.1) is 46.2 Å². The summed E-state index contributed by atoms with van der Waals surface area (Å²) in [6, 6.07) is 39.7. The van der Waals surface area contributed by atoms with Crippen molar-refractivity contribution in [2.24, 2.45) is 0 Å². The third-order valence-corrected chi connectivity index (χ3v) is 7.27. The maximum absolute atomic E-state index is 10.7. The van der Waals surface area contributed by atoms with Crippen LogP contribution in [0.5, 0.6) is 0 Å². The Hall–Kier alpha value is -3.40. The van der Waals surface area contributed by atoms with Crippen molar-refractivity contribution >= 4 is 0 Å². The van der Waals surface area contributed by atoms with Gasteiger partial charge in [0.25, 0.3) is 0 Å². The SMILES string of the molecule is OC[C@@H](OCc1ccccc1)[C@H](OCc1ccccc1)[C@@H](OCc1ccccc1)[C@@H](OCc1ccccc1)C1OCCO1. The van der Waals surface area contributed by atoms with Crippen LogP contribution in [-0.2, 0) is 54.8 Å². The molecule has 0 unspecified atom stereocenters. The Labute approximate surface area is 253 Å². The molecule has 1 fully saturated rings. The standard InChI is InChI=1S/C36H40O7/c37-23-32(40-24-28-13-5-1-6-14-28)33(41-25-29-15-7-2-8-16-29)34(42-26-30-17-9-3-10-18-30)35(36-38-21-22-39-36)43-27-31-19-11-4-12-20-31/h1-20,32-37H,21-27H2/t32-,33+,34-,35-/m1/s1. The minimum atomic E-state index is -0.730. The van der Waals surface area contributed by atoms with E-state index in [1.165, 1.54) is 0 Å². The van der Waals surface area contributed by atoms with Gasteiger partial charge in [-0.3, -0.25) is 0 Å². The number of hydrogen-bond donors (Lipinski definition) is 1. The Bertz CT molecular complexity index is 1280. The number of hydrogen-bond acceptors (Lipinski definition) is 7. The molecule has 0 aliphatic carbocycles. The van der Waals surface area contributed by atoms with Gasteiger partial charge in [-0.2, -0.15) is 0 Å². The fraction of sp³-hybridized carbons (Fsp3) is 0.333. The van der Waals surface area contributed by atoms with Crippen LogP contribution in [-0.4, -0.2) is 55.6 Å². The maximum Gasteiger partial charge on any atom is 0.186 e. The number of aliphatic hydroxyl groups excluding tert-OH is 1. The van der Waals surface area contributed by atoms with Crippen LogP contribution in [0.4, 0.5) is 0 Å². The zero-order valence-corrected chi connectivity index (χ0v) is 24.3. The molecule has 0 bridgehead atoms. The predicted octanol–water partition coefficient (Wildman–Crippen LogP) is 5.69. The van der Waals surface area contributed by atoms with Crippen molar-refractivity contribution in [3.05, 3.63) is 144 Å². The quantitative estimate of drug-likeness (QED) is 0.171. The van der Waals surface area contributed by atoms with E-state index in [1.807, 2.05) is 121 Å². The van der Waals surface area contributed by atoms with Gasteiger partial charge in [0.2, 0.25) is 0 Å². The van der Waals surface area contributed by atoms with Crippen LogP contribution in [0.2, 0.25) is 0 Å². The van der Waals surface area contributed by atoms with E-state index in [0.29, 0.717) is 39.6 Å². The van der Waals surface area contributed by atoms with E-state index in [-0.39, 0.29) is 6.61 Å². The predicted molar refractivity (Wildman–Crippen MR) is 163 cm³/mol. The highest BCUT2D eigenvalue weighted by atomic mass is 16.7. The number of benzene rings is 4. The highest BCUT2D eigenvalue weighted by Gasteiger charge is 2.44. The van der Waals surface area contributed by atoms with Gasteiger partial charge in [-0.05, 0) is 22.3 Å². The Morgan fingerprint density at radius 1 is 0.512 bits per heavy atom. The van der Waals surface area contributed by atoms with E-state index in [4.69, 9.17) is 28.4 Å². The lowest BCUT2D eigenvalue weighted by atomic mass is 10.0.